The molecule has 1 unspecified atom stereocenters. The maximum atomic E-state index is 5.61. The van der Waals surface area contributed by atoms with Crippen molar-refractivity contribution >= 4 is 0 Å². The van der Waals surface area contributed by atoms with Crippen LogP contribution in [0.3, 0.4) is 0 Å². The van der Waals surface area contributed by atoms with E-state index in [1.54, 1.807) is 0 Å². The molecule has 0 saturated carbocycles. The van der Waals surface area contributed by atoms with E-state index in [4.69, 9.17) is 9.47 Å². The average molecular weight is 160 g/mol. The third-order valence-corrected chi connectivity index (χ3v) is 1.55. The molecule has 0 spiro atoms. The second-order valence-electron chi connectivity index (χ2n) is 3.17. The fraction of sp³-hybridized carbons (Fsp3) is 1.00. The van der Waals surface area contributed by atoms with Gasteiger partial charge in [0.25, 0.3) is 0 Å². The van der Waals surface area contributed by atoms with Crippen molar-refractivity contribution in [2.45, 2.75) is 52.9 Å². The second kappa shape index (κ2) is 4.73. The topological polar surface area (TPSA) is 18.5 Å². The van der Waals surface area contributed by atoms with E-state index in [0.717, 1.165) is 6.42 Å². The molecule has 2 heteroatoms. The van der Waals surface area contributed by atoms with Gasteiger partial charge in [0, 0.05) is 6.61 Å². The minimum atomic E-state index is -0.426. The van der Waals surface area contributed by atoms with Crippen LogP contribution in [0.1, 0.15) is 41.0 Å². The van der Waals surface area contributed by atoms with Crippen LogP contribution in [0.2, 0.25) is 0 Å². The summed E-state index contributed by atoms with van der Waals surface area (Å²) in [7, 11) is 0. The van der Waals surface area contributed by atoms with Crippen LogP contribution < -0.4 is 0 Å². The highest BCUT2D eigenvalue weighted by atomic mass is 16.7. The van der Waals surface area contributed by atoms with E-state index >= 15 is 0 Å². The van der Waals surface area contributed by atoms with Gasteiger partial charge in [-0.15, -0.1) is 0 Å². The van der Waals surface area contributed by atoms with E-state index in [1.807, 2.05) is 20.8 Å². The summed E-state index contributed by atoms with van der Waals surface area (Å²) in [5.74, 6) is -0.426. The summed E-state index contributed by atoms with van der Waals surface area (Å²) in [5.41, 5.74) is 0. The Kier molecular flexibility index (Phi) is 4.69. The smallest absolute Gasteiger partial charge is 0.163 e. The number of hydrogen-bond acceptors (Lipinski definition) is 2. The van der Waals surface area contributed by atoms with Crippen LogP contribution in [-0.2, 0) is 9.47 Å². The summed E-state index contributed by atoms with van der Waals surface area (Å²) in [6, 6.07) is 0. The normalized spacial score (nSPS) is 15.0. The van der Waals surface area contributed by atoms with Crippen molar-refractivity contribution in [3.63, 3.8) is 0 Å². The number of hydrogen-bond donors (Lipinski definition) is 0. The molecule has 0 aromatic rings. The van der Waals surface area contributed by atoms with Gasteiger partial charge in [-0.05, 0) is 34.1 Å². The summed E-state index contributed by atoms with van der Waals surface area (Å²) in [6.45, 7) is 10.7. The lowest BCUT2D eigenvalue weighted by Crippen LogP contribution is -2.32. The van der Waals surface area contributed by atoms with Gasteiger partial charge in [0.05, 0.1) is 6.10 Å². The van der Waals surface area contributed by atoms with Gasteiger partial charge in [0.1, 0.15) is 0 Å². The average Bonchev–Trinajstić information content (AvgIpc) is 1.86. The molecule has 0 N–H and O–H groups in total. The molecule has 0 aromatic carbocycles. The minimum absolute atomic E-state index is 0.275. The molecule has 0 bridgehead atoms. The van der Waals surface area contributed by atoms with Crippen molar-refractivity contribution in [3.05, 3.63) is 0 Å². The Bertz CT molecular complexity index is 99.7. The van der Waals surface area contributed by atoms with Gasteiger partial charge in [0.2, 0.25) is 0 Å². The fourth-order valence-electron chi connectivity index (χ4n) is 0.949. The first kappa shape index (κ1) is 10.9. The van der Waals surface area contributed by atoms with Crippen LogP contribution in [0, 0.1) is 0 Å². The minimum Gasteiger partial charge on any atom is -0.351 e. The Labute approximate surface area is 69.9 Å². The van der Waals surface area contributed by atoms with E-state index in [-0.39, 0.29) is 6.10 Å². The van der Waals surface area contributed by atoms with Gasteiger partial charge >= 0.3 is 0 Å². The highest BCUT2D eigenvalue weighted by molar-refractivity contribution is 4.56. The van der Waals surface area contributed by atoms with Crippen molar-refractivity contribution in [3.8, 4) is 0 Å². The van der Waals surface area contributed by atoms with Crippen LogP contribution in [0.4, 0.5) is 0 Å². The molecular weight excluding hydrogens is 140 g/mol. The largest absolute Gasteiger partial charge is 0.351 e. The molecule has 0 heterocycles. The zero-order valence-corrected chi connectivity index (χ0v) is 8.31. The van der Waals surface area contributed by atoms with Crippen LogP contribution in [0.25, 0.3) is 0 Å². The molecular formula is C9H20O2. The number of rotatable bonds is 5. The lowest BCUT2D eigenvalue weighted by Gasteiger charge is -2.28. The Morgan fingerprint density at radius 3 is 2.18 bits per heavy atom. The predicted octanol–water partition coefficient (Wildman–Crippen LogP) is 2.57. The van der Waals surface area contributed by atoms with Crippen molar-refractivity contribution in [2.75, 3.05) is 6.61 Å². The van der Waals surface area contributed by atoms with Crippen LogP contribution in [0.15, 0.2) is 0 Å². The summed E-state index contributed by atoms with van der Waals surface area (Å²) in [4.78, 5) is 0. The standard InChI is InChI=1S/C9H20O2/c1-6-8(3)11-9(4,5)10-7-2/h8H,6-7H2,1-5H3. The zero-order valence-electron chi connectivity index (χ0n) is 8.31. The molecule has 0 radical (unpaired) electrons. The fourth-order valence-corrected chi connectivity index (χ4v) is 0.949. The molecule has 0 fully saturated rings. The van der Waals surface area contributed by atoms with Gasteiger partial charge in [-0.2, -0.15) is 0 Å². The molecule has 0 aliphatic heterocycles. The van der Waals surface area contributed by atoms with E-state index in [2.05, 4.69) is 13.8 Å². The monoisotopic (exact) mass is 160 g/mol. The van der Waals surface area contributed by atoms with Crippen LogP contribution in [0.5, 0.6) is 0 Å². The van der Waals surface area contributed by atoms with E-state index in [9.17, 15) is 0 Å². The number of ether oxygens (including phenoxy) is 2. The van der Waals surface area contributed by atoms with Crippen molar-refractivity contribution in [1.29, 1.82) is 0 Å². The lowest BCUT2D eigenvalue weighted by molar-refractivity contribution is -0.231. The van der Waals surface area contributed by atoms with Crippen LogP contribution >= 0.6 is 0 Å². The molecule has 0 rings (SSSR count). The van der Waals surface area contributed by atoms with Gasteiger partial charge in [-0.3, -0.25) is 0 Å². The second-order valence-corrected chi connectivity index (χ2v) is 3.17. The molecule has 0 aliphatic rings. The van der Waals surface area contributed by atoms with Gasteiger partial charge in [-0.1, -0.05) is 6.92 Å². The quantitative estimate of drug-likeness (QED) is 0.575. The summed E-state index contributed by atoms with van der Waals surface area (Å²) < 4.78 is 11.0. The van der Waals surface area contributed by atoms with E-state index < -0.39 is 5.79 Å². The first-order valence-electron chi connectivity index (χ1n) is 4.33. The van der Waals surface area contributed by atoms with Crippen molar-refractivity contribution in [2.24, 2.45) is 0 Å². The van der Waals surface area contributed by atoms with Gasteiger partial charge in [-0.25, -0.2) is 0 Å². The molecule has 0 saturated heterocycles. The molecule has 0 amide bonds. The first-order chi connectivity index (χ1) is 5.02. The first-order valence-corrected chi connectivity index (χ1v) is 4.33. The Morgan fingerprint density at radius 2 is 1.82 bits per heavy atom. The predicted molar refractivity (Wildman–Crippen MR) is 46.5 cm³/mol. The van der Waals surface area contributed by atoms with Crippen molar-refractivity contribution < 1.29 is 9.47 Å². The molecule has 68 valence electrons. The third kappa shape index (κ3) is 5.22. The Morgan fingerprint density at radius 1 is 1.27 bits per heavy atom. The third-order valence-electron chi connectivity index (χ3n) is 1.55. The summed E-state index contributed by atoms with van der Waals surface area (Å²) in [6.07, 6.45) is 1.30. The Balaban J connectivity index is 3.70. The molecule has 1 atom stereocenters. The SMILES string of the molecule is CCOC(C)(C)OC(C)CC. The zero-order chi connectivity index (χ0) is 8.91. The summed E-state index contributed by atoms with van der Waals surface area (Å²) in [5, 5.41) is 0. The van der Waals surface area contributed by atoms with E-state index in [1.165, 1.54) is 0 Å². The molecule has 11 heavy (non-hydrogen) atoms. The van der Waals surface area contributed by atoms with Crippen molar-refractivity contribution in [1.82, 2.24) is 0 Å². The summed E-state index contributed by atoms with van der Waals surface area (Å²) >= 11 is 0. The molecule has 0 aromatic heterocycles. The van der Waals surface area contributed by atoms with Crippen LogP contribution in [-0.4, -0.2) is 18.5 Å². The lowest BCUT2D eigenvalue weighted by atomic mass is 10.3. The Hall–Kier alpha value is -0.0800. The molecule has 0 aliphatic carbocycles. The highest BCUT2D eigenvalue weighted by Gasteiger charge is 2.20. The maximum absolute atomic E-state index is 5.61. The molecule has 2 nitrogen and oxygen atoms in total. The van der Waals surface area contributed by atoms with Gasteiger partial charge < -0.3 is 9.47 Å². The van der Waals surface area contributed by atoms with E-state index in [0.29, 0.717) is 6.61 Å². The maximum Gasteiger partial charge on any atom is 0.163 e. The van der Waals surface area contributed by atoms with Gasteiger partial charge in [0.15, 0.2) is 5.79 Å². The highest BCUT2D eigenvalue weighted by Crippen LogP contribution is 2.14.